The summed E-state index contributed by atoms with van der Waals surface area (Å²) in [5.41, 5.74) is 7.70. The van der Waals surface area contributed by atoms with Crippen LogP contribution in [-0.2, 0) is 15.6 Å². The lowest BCUT2D eigenvalue weighted by Gasteiger charge is -2.28. The van der Waals surface area contributed by atoms with Crippen molar-refractivity contribution in [2.45, 2.75) is 31.2 Å². The lowest BCUT2D eigenvalue weighted by atomic mass is 9.93. The van der Waals surface area contributed by atoms with Gasteiger partial charge < -0.3 is 4.74 Å². The summed E-state index contributed by atoms with van der Waals surface area (Å²) in [6.45, 7) is 4.03. The van der Waals surface area contributed by atoms with Crippen LogP contribution in [-0.4, -0.2) is 29.0 Å². The molecule has 3 unspecified atom stereocenters. The molecule has 1 saturated heterocycles. The zero-order chi connectivity index (χ0) is 17.7. The van der Waals surface area contributed by atoms with Crippen LogP contribution in [0.15, 0.2) is 29.2 Å². The second kappa shape index (κ2) is 8.13. The number of carbonyl (C=O) groups excluding carboxylic acids is 1. The number of nitrogens with one attached hydrogen (secondary N) is 2. The summed E-state index contributed by atoms with van der Waals surface area (Å²) in [7, 11) is 0.278. The minimum absolute atomic E-state index is 0.00631. The molecule has 24 heavy (non-hydrogen) atoms. The summed E-state index contributed by atoms with van der Waals surface area (Å²) in [6.07, 6.45) is 7.81. The maximum absolute atomic E-state index is 12.1. The minimum Gasteiger partial charge on any atom is -0.495 e. The highest BCUT2D eigenvalue weighted by Gasteiger charge is 2.23. The number of hydrogen-bond acceptors (Lipinski definition) is 4. The second-order valence-electron chi connectivity index (χ2n) is 5.81. The van der Waals surface area contributed by atoms with Crippen molar-refractivity contribution in [3.63, 3.8) is 0 Å². The maximum atomic E-state index is 12.1. The van der Waals surface area contributed by atoms with Crippen LogP contribution in [0.3, 0.4) is 0 Å². The van der Waals surface area contributed by atoms with Crippen LogP contribution in [0.2, 0.25) is 0 Å². The predicted octanol–water partition coefficient (Wildman–Crippen LogP) is 1.87. The molecule has 5 nitrogen and oxygen atoms in total. The quantitative estimate of drug-likeness (QED) is 0.799. The van der Waals surface area contributed by atoms with Crippen LogP contribution in [0.5, 0.6) is 5.75 Å². The smallest absolute Gasteiger partial charge is 0.234 e. The average Bonchev–Trinajstić information content (AvgIpc) is 2.56. The van der Waals surface area contributed by atoms with Crippen molar-refractivity contribution in [2.24, 2.45) is 5.92 Å². The zero-order valence-corrected chi connectivity index (χ0v) is 14.9. The number of methoxy groups -OCH3 is 1. The Morgan fingerprint density at radius 2 is 2.29 bits per heavy atom. The minimum atomic E-state index is -1.27. The van der Waals surface area contributed by atoms with E-state index in [1.54, 1.807) is 13.2 Å². The summed E-state index contributed by atoms with van der Waals surface area (Å²) >= 11 is 0. The van der Waals surface area contributed by atoms with Crippen LogP contribution < -0.4 is 15.6 Å². The lowest BCUT2D eigenvalue weighted by Crippen LogP contribution is -2.52. The SMILES string of the molecule is C#CCS(=O)c1ccc(/C(C)=C/C2NNC(=O)CC2C)cc1OC. The number of hydrazine groups is 1. The summed E-state index contributed by atoms with van der Waals surface area (Å²) in [5, 5.41) is 0. The van der Waals surface area contributed by atoms with E-state index >= 15 is 0 Å². The van der Waals surface area contributed by atoms with Crippen LogP contribution in [0.25, 0.3) is 5.57 Å². The Kier molecular flexibility index (Phi) is 6.18. The fourth-order valence-electron chi connectivity index (χ4n) is 2.60. The monoisotopic (exact) mass is 346 g/mol. The number of amides is 1. The van der Waals surface area contributed by atoms with E-state index in [2.05, 4.69) is 22.8 Å². The number of ether oxygens (including phenoxy) is 1. The van der Waals surface area contributed by atoms with Crippen molar-refractivity contribution in [3.8, 4) is 18.1 Å². The van der Waals surface area contributed by atoms with E-state index in [1.807, 2.05) is 26.0 Å². The number of hydrogen-bond donors (Lipinski definition) is 2. The standard InChI is InChI=1S/C18H22N2O3S/c1-5-8-24(22)17-7-6-14(11-16(17)23-4)12(2)9-15-13(3)10-18(21)20-19-15/h1,6-7,9,11,13,15,19H,8,10H2,2-4H3,(H,20,21)/b12-9+. The first kappa shape index (κ1) is 18.2. The van der Waals surface area contributed by atoms with Gasteiger partial charge in [0.25, 0.3) is 0 Å². The van der Waals surface area contributed by atoms with E-state index in [1.165, 1.54) is 0 Å². The van der Waals surface area contributed by atoms with Gasteiger partial charge in [0.15, 0.2) is 0 Å². The predicted molar refractivity (Wildman–Crippen MR) is 95.6 cm³/mol. The third-order valence-corrected chi connectivity index (χ3v) is 5.26. The molecule has 0 aromatic heterocycles. The van der Waals surface area contributed by atoms with Gasteiger partial charge in [-0.2, -0.15) is 0 Å². The summed E-state index contributed by atoms with van der Waals surface area (Å²) < 4.78 is 17.5. The van der Waals surface area contributed by atoms with Gasteiger partial charge in [0.1, 0.15) is 5.75 Å². The number of rotatable bonds is 5. The molecule has 0 saturated carbocycles. The first-order valence-corrected chi connectivity index (χ1v) is 9.01. The van der Waals surface area contributed by atoms with E-state index in [9.17, 15) is 9.00 Å². The molecule has 1 aliphatic rings. The van der Waals surface area contributed by atoms with Crippen molar-refractivity contribution in [3.05, 3.63) is 29.8 Å². The number of carbonyl (C=O) groups is 1. The largest absolute Gasteiger partial charge is 0.495 e. The Balaban J connectivity index is 2.25. The maximum Gasteiger partial charge on any atom is 0.234 e. The number of terminal acetylenes is 1. The summed E-state index contributed by atoms with van der Waals surface area (Å²) in [5.74, 6) is 3.34. The third-order valence-electron chi connectivity index (χ3n) is 4.01. The van der Waals surface area contributed by atoms with Gasteiger partial charge in [-0.05, 0) is 36.1 Å². The zero-order valence-electron chi connectivity index (χ0n) is 14.1. The van der Waals surface area contributed by atoms with Crippen molar-refractivity contribution >= 4 is 22.3 Å². The van der Waals surface area contributed by atoms with Crippen LogP contribution in [0.1, 0.15) is 25.8 Å². The highest BCUT2D eigenvalue weighted by atomic mass is 32.2. The molecule has 1 aliphatic heterocycles. The van der Waals surface area contributed by atoms with E-state index in [-0.39, 0.29) is 23.6 Å². The molecule has 0 bridgehead atoms. The number of benzene rings is 1. The molecule has 0 aliphatic carbocycles. The molecule has 1 aromatic rings. The molecule has 3 atom stereocenters. The van der Waals surface area contributed by atoms with Crippen molar-refractivity contribution in [2.75, 3.05) is 12.9 Å². The Labute approximate surface area is 145 Å². The second-order valence-corrected chi connectivity index (χ2v) is 7.23. The molecule has 1 aromatic carbocycles. The van der Waals surface area contributed by atoms with Gasteiger partial charge in [0.2, 0.25) is 5.91 Å². The molecule has 2 rings (SSSR count). The molecule has 0 radical (unpaired) electrons. The van der Waals surface area contributed by atoms with Crippen molar-refractivity contribution < 1.29 is 13.7 Å². The fraction of sp³-hybridized carbons (Fsp3) is 0.389. The first-order valence-electron chi connectivity index (χ1n) is 7.69. The van der Waals surface area contributed by atoms with Gasteiger partial charge in [0, 0.05) is 12.5 Å². The molecular formula is C18H22N2O3S. The normalized spacial score (nSPS) is 22.4. The van der Waals surface area contributed by atoms with Gasteiger partial charge in [-0.15, -0.1) is 6.42 Å². The molecule has 1 heterocycles. The molecule has 2 N–H and O–H groups in total. The highest BCUT2D eigenvalue weighted by molar-refractivity contribution is 7.85. The molecule has 1 fully saturated rings. The van der Waals surface area contributed by atoms with E-state index < -0.39 is 10.8 Å². The first-order chi connectivity index (χ1) is 11.5. The van der Waals surface area contributed by atoms with E-state index in [0.29, 0.717) is 17.1 Å². The Morgan fingerprint density at radius 3 is 2.92 bits per heavy atom. The Bertz CT molecular complexity index is 721. The molecule has 6 heteroatoms. The molecule has 1 amide bonds. The Hall–Kier alpha value is -2.10. The Morgan fingerprint density at radius 1 is 1.54 bits per heavy atom. The van der Waals surface area contributed by atoms with Gasteiger partial charge in [-0.3, -0.25) is 14.4 Å². The molecule has 128 valence electrons. The molecular weight excluding hydrogens is 324 g/mol. The molecule has 0 spiro atoms. The highest BCUT2D eigenvalue weighted by Crippen LogP contribution is 2.28. The van der Waals surface area contributed by atoms with Crippen LogP contribution in [0, 0.1) is 18.3 Å². The van der Waals surface area contributed by atoms with Crippen LogP contribution >= 0.6 is 0 Å². The van der Waals surface area contributed by atoms with Gasteiger partial charge >= 0.3 is 0 Å². The van der Waals surface area contributed by atoms with Crippen molar-refractivity contribution in [1.29, 1.82) is 0 Å². The van der Waals surface area contributed by atoms with Crippen LogP contribution in [0.4, 0.5) is 0 Å². The lowest BCUT2D eigenvalue weighted by molar-refractivity contribution is -0.125. The van der Waals surface area contributed by atoms with E-state index in [4.69, 9.17) is 11.2 Å². The number of allylic oxidation sites excluding steroid dienone is 1. The van der Waals surface area contributed by atoms with Gasteiger partial charge in [-0.1, -0.05) is 25.0 Å². The van der Waals surface area contributed by atoms with E-state index in [0.717, 1.165) is 11.1 Å². The third kappa shape index (κ3) is 4.25. The average molecular weight is 346 g/mol. The summed E-state index contributed by atoms with van der Waals surface area (Å²) in [6, 6.07) is 5.62. The summed E-state index contributed by atoms with van der Waals surface area (Å²) in [4.78, 5) is 12.0. The topological polar surface area (TPSA) is 67.4 Å². The van der Waals surface area contributed by atoms with Gasteiger partial charge in [-0.25, -0.2) is 5.43 Å². The van der Waals surface area contributed by atoms with Gasteiger partial charge in [0.05, 0.1) is 28.6 Å². The van der Waals surface area contributed by atoms with Crippen molar-refractivity contribution in [1.82, 2.24) is 10.9 Å². The fourth-order valence-corrected chi connectivity index (χ4v) is 3.50.